The van der Waals surface area contributed by atoms with Crippen molar-refractivity contribution in [2.45, 2.75) is 38.4 Å². The third kappa shape index (κ3) is 4.00. The SMILES string of the molecule is CC(C(=O)NCc1ccc(Cl)cc1)N1CCCC1c1nc2ccccc2s1. The van der Waals surface area contributed by atoms with Crippen molar-refractivity contribution in [3.8, 4) is 0 Å². The van der Waals surface area contributed by atoms with Crippen LogP contribution in [0.1, 0.15) is 36.4 Å². The second-order valence-corrected chi connectivity index (χ2v) is 8.43. The molecule has 2 atom stereocenters. The molecule has 1 aromatic heterocycles. The molecule has 1 saturated heterocycles. The second-order valence-electron chi connectivity index (χ2n) is 6.94. The van der Waals surface area contributed by atoms with E-state index in [9.17, 15) is 4.79 Å². The quantitative estimate of drug-likeness (QED) is 0.670. The lowest BCUT2D eigenvalue weighted by Crippen LogP contribution is -2.44. The van der Waals surface area contributed by atoms with Crippen LogP contribution in [0, 0.1) is 0 Å². The van der Waals surface area contributed by atoms with E-state index in [1.54, 1.807) is 11.3 Å². The average Bonchev–Trinajstić information content (AvgIpc) is 3.33. The Kier molecular flexibility index (Phi) is 5.43. The first kappa shape index (κ1) is 18.4. The molecule has 6 heteroatoms. The summed E-state index contributed by atoms with van der Waals surface area (Å²) in [6.45, 7) is 3.43. The minimum absolute atomic E-state index is 0.0537. The molecule has 4 nitrogen and oxygen atoms in total. The van der Waals surface area contributed by atoms with Crippen molar-refractivity contribution in [1.82, 2.24) is 15.2 Å². The summed E-state index contributed by atoms with van der Waals surface area (Å²) in [6, 6.07) is 15.8. The fourth-order valence-corrected chi connectivity index (χ4v) is 4.89. The van der Waals surface area contributed by atoms with Crippen LogP contribution in [0.2, 0.25) is 5.02 Å². The summed E-state index contributed by atoms with van der Waals surface area (Å²) < 4.78 is 1.21. The number of halogens is 1. The molecule has 4 rings (SSSR count). The zero-order valence-corrected chi connectivity index (χ0v) is 16.8. The minimum Gasteiger partial charge on any atom is -0.351 e. The third-order valence-corrected chi connectivity index (χ3v) is 6.54. The summed E-state index contributed by atoms with van der Waals surface area (Å²) in [5.41, 5.74) is 2.09. The van der Waals surface area contributed by atoms with Gasteiger partial charge in [0, 0.05) is 11.6 Å². The Bertz CT molecular complexity index is 907. The predicted molar refractivity (Wildman–Crippen MR) is 111 cm³/mol. The number of nitrogens with zero attached hydrogens (tertiary/aromatic N) is 2. The van der Waals surface area contributed by atoms with Gasteiger partial charge in [-0.05, 0) is 56.1 Å². The fourth-order valence-electron chi connectivity index (χ4n) is 3.64. The van der Waals surface area contributed by atoms with Gasteiger partial charge in [0.05, 0.1) is 22.3 Å². The molecule has 1 aliphatic rings. The van der Waals surface area contributed by atoms with Gasteiger partial charge in [-0.2, -0.15) is 0 Å². The highest BCUT2D eigenvalue weighted by Crippen LogP contribution is 2.37. The molecule has 0 aliphatic carbocycles. The Morgan fingerprint density at radius 3 is 2.85 bits per heavy atom. The molecular formula is C21H22ClN3OS. The van der Waals surface area contributed by atoms with Crippen LogP contribution in [0.25, 0.3) is 10.2 Å². The largest absolute Gasteiger partial charge is 0.351 e. The Morgan fingerprint density at radius 1 is 1.30 bits per heavy atom. The summed E-state index contributed by atoms with van der Waals surface area (Å²) in [5, 5.41) is 4.87. The number of fused-ring (bicyclic) bond motifs is 1. The van der Waals surface area contributed by atoms with Gasteiger partial charge < -0.3 is 5.32 Å². The van der Waals surface area contributed by atoms with Gasteiger partial charge in [-0.25, -0.2) is 4.98 Å². The van der Waals surface area contributed by atoms with E-state index < -0.39 is 0 Å². The van der Waals surface area contributed by atoms with E-state index in [0.29, 0.717) is 11.6 Å². The number of para-hydroxylation sites is 1. The van der Waals surface area contributed by atoms with Crippen LogP contribution in [0.3, 0.4) is 0 Å². The predicted octanol–water partition coefficient (Wildman–Crippen LogP) is 4.79. The van der Waals surface area contributed by atoms with Crippen LogP contribution < -0.4 is 5.32 Å². The van der Waals surface area contributed by atoms with E-state index in [4.69, 9.17) is 16.6 Å². The van der Waals surface area contributed by atoms with Gasteiger partial charge in [0.15, 0.2) is 0 Å². The van der Waals surface area contributed by atoms with E-state index in [-0.39, 0.29) is 18.0 Å². The first-order valence-electron chi connectivity index (χ1n) is 9.25. The molecule has 3 aromatic rings. The highest BCUT2D eigenvalue weighted by atomic mass is 35.5. The molecule has 2 unspecified atom stereocenters. The number of hydrogen-bond donors (Lipinski definition) is 1. The molecule has 0 spiro atoms. The highest BCUT2D eigenvalue weighted by molar-refractivity contribution is 7.18. The topological polar surface area (TPSA) is 45.2 Å². The Hall–Kier alpha value is -1.95. The van der Waals surface area contributed by atoms with Crippen molar-refractivity contribution < 1.29 is 4.79 Å². The van der Waals surface area contributed by atoms with Gasteiger partial charge in [0.1, 0.15) is 5.01 Å². The fraction of sp³-hybridized carbons (Fsp3) is 0.333. The number of likely N-dealkylation sites (tertiary alicyclic amines) is 1. The second kappa shape index (κ2) is 7.97. The van der Waals surface area contributed by atoms with Crippen LogP contribution in [0.15, 0.2) is 48.5 Å². The van der Waals surface area contributed by atoms with Crippen LogP contribution in [-0.4, -0.2) is 28.4 Å². The number of carbonyl (C=O) groups excluding carboxylic acids is 1. The van der Waals surface area contributed by atoms with Gasteiger partial charge in [-0.15, -0.1) is 11.3 Å². The highest BCUT2D eigenvalue weighted by Gasteiger charge is 2.34. The van der Waals surface area contributed by atoms with Crippen molar-refractivity contribution in [1.29, 1.82) is 0 Å². The maximum Gasteiger partial charge on any atom is 0.237 e. The average molecular weight is 400 g/mol. The summed E-state index contributed by atoms with van der Waals surface area (Å²) in [4.78, 5) is 19.8. The van der Waals surface area contributed by atoms with E-state index in [1.807, 2.05) is 43.3 Å². The van der Waals surface area contributed by atoms with Crippen LogP contribution in [0.4, 0.5) is 0 Å². The smallest absolute Gasteiger partial charge is 0.237 e. The van der Waals surface area contributed by atoms with Gasteiger partial charge in [-0.3, -0.25) is 9.69 Å². The van der Waals surface area contributed by atoms with Gasteiger partial charge in [0.2, 0.25) is 5.91 Å². The summed E-state index contributed by atoms with van der Waals surface area (Å²) in [7, 11) is 0. The summed E-state index contributed by atoms with van der Waals surface area (Å²) in [6.07, 6.45) is 2.14. The van der Waals surface area contributed by atoms with Crippen molar-refractivity contribution in [3.63, 3.8) is 0 Å². The zero-order chi connectivity index (χ0) is 18.8. The van der Waals surface area contributed by atoms with Gasteiger partial charge >= 0.3 is 0 Å². The molecular weight excluding hydrogens is 378 g/mol. The maximum absolute atomic E-state index is 12.7. The molecule has 1 aliphatic heterocycles. The lowest BCUT2D eigenvalue weighted by Gasteiger charge is -2.28. The number of rotatable bonds is 5. The molecule has 1 amide bonds. The van der Waals surface area contributed by atoms with E-state index in [1.165, 1.54) is 4.70 Å². The van der Waals surface area contributed by atoms with Gasteiger partial charge in [0.25, 0.3) is 0 Å². The Labute approximate surface area is 168 Å². The minimum atomic E-state index is -0.184. The van der Waals surface area contributed by atoms with Crippen LogP contribution >= 0.6 is 22.9 Å². The summed E-state index contributed by atoms with van der Waals surface area (Å²) in [5.74, 6) is 0.0537. The number of carbonyl (C=O) groups is 1. The monoisotopic (exact) mass is 399 g/mol. The molecule has 0 saturated carbocycles. The number of benzene rings is 2. The number of nitrogens with one attached hydrogen (secondary N) is 1. The van der Waals surface area contributed by atoms with Crippen LogP contribution in [-0.2, 0) is 11.3 Å². The first-order chi connectivity index (χ1) is 13.1. The molecule has 2 heterocycles. The molecule has 140 valence electrons. The van der Waals surface area contributed by atoms with Crippen molar-refractivity contribution in [2.24, 2.45) is 0 Å². The molecule has 0 bridgehead atoms. The van der Waals surface area contributed by atoms with E-state index in [0.717, 1.165) is 35.5 Å². The van der Waals surface area contributed by atoms with Crippen LogP contribution in [0.5, 0.6) is 0 Å². The Morgan fingerprint density at radius 2 is 2.07 bits per heavy atom. The Balaban J connectivity index is 1.44. The van der Waals surface area contributed by atoms with E-state index >= 15 is 0 Å². The standard InChI is InChI=1S/C21H22ClN3OS/c1-14(20(26)23-13-15-8-10-16(22)11-9-15)25-12-4-6-18(25)21-24-17-5-2-3-7-19(17)27-21/h2-3,5,7-11,14,18H,4,6,12-13H2,1H3,(H,23,26). The number of aromatic nitrogens is 1. The molecule has 2 aromatic carbocycles. The number of amides is 1. The molecule has 27 heavy (non-hydrogen) atoms. The lowest BCUT2D eigenvalue weighted by molar-refractivity contribution is -0.126. The van der Waals surface area contributed by atoms with E-state index in [2.05, 4.69) is 22.3 Å². The molecule has 1 fully saturated rings. The number of hydrogen-bond acceptors (Lipinski definition) is 4. The van der Waals surface area contributed by atoms with Crippen molar-refractivity contribution in [3.05, 3.63) is 64.1 Å². The lowest BCUT2D eigenvalue weighted by atomic mass is 10.2. The first-order valence-corrected chi connectivity index (χ1v) is 10.4. The maximum atomic E-state index is 12.7. The van der Waals surface area contributed by atoms with Crippen molar-refractivity contribution >= 4 is 39.1 Å². The zero-order valence-electron chi connectivity index (χ0n) is 15.2. The summed E-state index contributed by atoms with van der Waals surface area (Å²) >= 11 is 7.66. The third-order valence-electron chi connectivity index (χ3n) is 5.15. The van der Waals surface area contributed by atoms with Gasteiger partial charge in [-0.1, -0.05) is 35.9 Å². The molecule has 1 N–H and O–H groups in total. The molecule has 0 radical (unpaired) electrons. The number of thiazole rings is 1. The normalized spacial score (nSPS) is 18.7. The van der Waals surface area contributed by atoms with Crippen molar-refractivity contribution in [2.75, 3.05) is 6.54 Å².